The smallest absolute Gasteiger partial charge is 0.304 e. The average molecular weight is 327 g/mol. The Bertz CT molecular complexity index is 469. The van der Waals surface area contributed by atoms with Crippen LogP contribution in [0.1, 0.15) is 26.7 Å². The molecule has 0 unspecified atom stereocenters. The van der Waals surface area contributed by atoms with Crippen LogP contribution in [0, 0.1) is 0 Å². The van der Waals surface area contributed by atoms with Gasteiger partial charge in [0.1, 0.15) is 0 Å². The molecule has 0 aromatic heterocycles. The highest BCUT2D eigenvalue weighted by Crippen LogP contribution is 2.24. The van der Waals surface area contributed by atoms with Crippen molar-refractivity contribution < 1.29 is 23.9 Å². The lowest BCUT2D eigenvalue weighted by Gasteiger charge is -2.26. The highest BCUT2D eigenvalue weighted by atomic mass is 28.3. The van der Waals surface area contributed by atoms with E-state index in [1.165, 1.54) is 18.7 Å². The van der Waals surface area contributed by atoms with Gasteiger partial charge in [0, 0.05) is 20.4 Å². The van der Waals surface area contributed by atoms with E-state index in [-0.39, 0.29) is 12.3 Å². The summed E-state index contributed by atoms with van der Waals surface area (Å²) in [4.78, 5) is 35.9. The van der Waals surface area contributed by atoms with Crippen molar-refractivity contribution in [1.82, 2.24) is 4.90 Å². The summed E-state index contributed by atoms with van der Waals surface area (Å²) >= 11 is 0. The predicted molar refractivity (Wildman–Crippen MR) is 84.5 cm³/mol. The van der Waals surface area contributed by atoms with E-state index < -0.39 is 32.3 Å². The fraction of sp³-hybridized carbons (Fsp3) is 0.667. The molecule has 1 aliphatic rings. The fourth-order valence-corrected chi connectivity index (χ4v) is 3.13. The topological polar surface area (TPSA) is 72.9 Å². The maximum Gasteiger partial charge on any atom is 0.304 e. The summed E-state index contributed by atoms with van der Waals surface area (Å²) in [6.45, 7) is 9.66. The minimum absolute atomic E-state index is 0.0509. The van der Waals surface area contributed by atoms with Gasteiger partial charge in [-0.3, -0.25) is 14.4 Å². The molecular weight excluding hydrogens is 302 g/mol. The summed E-state index contributed by atoms with van der Waals surface area (Å²) in [7, 11) is -1.27. The molecular formula is C15H25NO5Si. The Labute approximate surface area is 132 Å². The molecule has 1 rings (SSSR count). The third-order valence-corrected chi connectivity index (χ3v) is 4.32. The van der Waals surface area contributed by atoms with Gasteiger partial charge >= 0.3 is 11.9 Å². The molecule has 1 heterocycles. The van der Waals surface area contributed by atoms with Crippen LogP contribution < -0.4 is 0 Å². The van der Waals surface area contributed by atoms with Crippen LogP contribution >= 0.6 is 0 Å². The molecule has 0 bridgehead atoms. The normalized spacial score (nSPS) is 22.2. The summed E-state index contributed by atoms with van der Waals surface area (Å²) in [5.74, 6) is -1.16. The highest BCUT2D eigenvalue weighted by Gasteiger charge is 2.43. The van der Waals surface area contributed by atoms with E-state index in [9.17, 15) is 14.4 Å². The lowest BCUT2D eigenvalue weighted by Crippen LogP contribution is -2.42. The lowest BCUT2D eigenvalue weighted by atomic mass is 10.3. The van der Waals surface area contributed by atoms with Crippen molar-refractivity contribution in [2.75, 3.05) is 6.54 Å². The first-order chi connectivity index (χ1) is 10.1. The second-order valence-corrected chi connectivity index (χ2v) is 11.6. The largest absolute Gasteiger partial charge is 0.456 e. The molecule has 22 heavy (non-hydrogen) atoms. The standard InChI is InChI=1S/C15H25NO5Si/c1-11(17)20-13-10-14(19)16(15(13)21-12(2)18)8-6-7-9-22(3,4)5/h7,9,13,15H,6,8,10H2,1-5H3/b9-7-/t13-,15-/m1/s1. The van der Waals surface area contributed by atoms with Crippen molar-refractivity contribution in [2.45, 2.75) is 58.7 Å². The molecule has 1 fully saturated rings. The molecule has 0 saturated carbocycles. The number of esters is 2. The minimum atomic E-state index is -1.27. The van der Waals surface area contributed by atoms with Crippen LogP contribution in [0.15, 0.2) is 11.8 Å². The highest BCUT2D eigenvalue weighted by molar-refractivity contribution is 6.80. The van der Waals surface area contributed by atoms with Crippen LogP contribution in [-0.2, 0) is 23.9 Å². The lowest BCUT2D eigenvalue weighted by molar-refractivity contribution is -0.173. The molecule has 6 nitrogen and oxygen atoms in total. The zero-order valence-electron chi connectivity index (χ0n) is 13.9. The molecule has 1 aliphatic heterocycles. The number of hydrogen-bond acceptors (Lipinski definition) is 5. The van der Waals surface area contributed by atoms with E-state index in [0.29, 0.717) is 13.0 Å². The number of hydrogen-bond donors (Lipinski definition) is 0. The Kier molecular flexibility index (Phi) is 6.34. The Hall–Kier alpha value is -1.63. The van der Waals surface area contributed by atoms with Crippen molar-refractivity contribution in [1.29, 1.82) is 0 Å². The van der Waals surface area contributed by atoms with Gasteiger partial charge in [-0.15, -0.1) is 0 Å². The van der Waals surface area contributed by atoms with Crippen LogP contribution in [0.5, 0.6) is 0 Å². The first-order valence-electron chi connectivity index (χ1n) is 7.42. The number of likely N-dealkylation sites (tertiary alicyclic amines) is 1. The van der Waals surface area contributed by atoms with E-state index in [0.717, 1.165) is 0 Å². The fourth-order valence-electron chi connectivity index (χ4n) is 2.26. The summed E-state index contributed by atoms with van der Waals surface area (Å²) in [5.41, 5.74) is 2.21. The Balaban J connectivity index is 2.72. The number of carbonyl (C=O) groups is 3. The van der Waals surface area contributed by atoms with Crippen LogP contribution in [0.3, 0.4) is 0 Å². The van der Waals surface area contributed by atoms with Gasteiger partial charge in [0.15, 0.2) is 6.10 Å². The van der Waals surface area contributed by atoms with Crippen LogP contribution in [0.25, 0.3) is 0 Å². The van der Waals surface area contributed by atoms with Gasteiger partial charge in [0.25, 0.3) is 0 Å². The monoisotopic (exact) mass is 327 g/mol. The van der Waals surface area contributed by atoms with E-state index in [2.05, 4.69) is 31.4 Å². The predicted octanol–water partition coefficient (Wildman–Crippen LogP) is 1.86. The maximum atomic E-state index is 12.1. The van der Waals surface area contributed by atoms with E-state index in [1.807, 2.05) is 0 Å². The summed E-state index contributed by atoms with van der Waals surface area (Å²) in [6.07, 6.45) is 1.24. The number of rotatable bonds is 6. The molecule has 2 atom stereocenters. The summed E-state index contributed by atoms with van der Waals surface area (Å²) in [6, 6.07) is 0. The van der Waals surface area contributed by atoms with Gasteiger partial charge < -0.3 is 14.4 Å². The zero-order chi connectivity index (χ0) is 16.9. The molecule has 0 aromatic rings. The number of nitrogens with zero attached hydrogens (tertiary/aromatic N) is 1. The van der Waals surface area contributed by atoms with Gasteiger partial charge in [-0.1, -0.05) is 31.4 Å². The Morgan fingerprint density at radius 3 is 2.32 bits per heavy atom. The third-order valence-electron chi connectivity index (χ3n) is 3.08. The molecule has 1 saturated heterocycles. The van der Waals surface area contributed by atoms with E-state index in [4.69, 9.17) is 9.47 Å². The van der Waals surface area contributed by atoms with Crippen molar-refractivity contribution >= 4 is 25.9 Å². The number of carbonyl (C=O) groups excluding carboxylic acids is 3. The molecule has 7 heteroatoms. The first kappa shape index (κ1) is 18.4. The second kappa shape index (κ2) is 7.58. The molecule has 1 amide bonds. The van der Waals surface area contributed by atoms with Crippen LogP contribution in [0.2, 0.25) is 19.6 Å². The summed E-state index contributed by atoms with van der Waals surface area (Å²) < 4.78 is 10.3. The molecule has 0 aromatic carbocycles. The van der Waals surface area contributed by atoms with Gasteiger partial charge in [-0.2, -0.15) is 0 Å². The van der Waals surface area contributed by atoms with Gasteiger partial charge in [0.2, 0.25) is 12.1 Å². The van der Waals surface area contributed by atoms with Gasteiger partial charge in [-0.05, 0) is 6.42 Å². The van der Waals surface area contributed by atoms with E-state index >= 15 is 0 Å². The second-order valence-electron chi connectivity index (χ2n) is 6.50. The molecule has 124 valence electrons. The van der Waals surface area contributed by atoms with Crippen LogP contribution in [0.4, 0.5) is 0 Å². The average Bonchev–Trinajstić information content (AvgIpc) is 2.59. The summed E-state index contributed by atoms with van der Waals surface area (Å²) in [5, 5.41) is 0. The molecule has 0 N–H and O–H groups in total. The van der Waals surface area contributed by atoms with Crippen molar-refractivity contribution in [3.05, 3.63) is 11.8 Å². The molecule has 0 spiro atoms. The minimum Gasteiger partial charge on any atom is -0.456 e. The number of amides is 1. The van der Waals surface area contributed by atoms with Crippen molar-refractivity contribution in [3.63, 3.8) is 0 Å². The SMILES string of the molecule is CC(=O)O[C@@H]1[C@H](OC(C)=O)CC(=O)N1CC/C=C\[Si](C)(C)C. The number of ether oxygens (including phenoxy) is 2. The quantitative estimate of drug-likeness (QED) is 0.550. The van der Waals surface area contributed by atoms with Crippen molar-refractivity contribution in [3.8, 4) is 0 Å². The zero-order valence-corrected chi connectivity index (χ0v) is 14.9. The maximum absolute atomic E-state index is 12.1. The van der Waals surface area contributed by atoms with E-state index in [1.54, 1.807) is 0 Å². The van der Waals surface area contributed by atoms with Gasteiger partial charge in [-0.25, -0.2) is 0 Å². The Morgan fingerprint density at radius 2 is 1.82 bits per heavy atom. The van der Waals surface area contributed by atoms with Crippen LogP contribution in [-0.4, -0.2) is 49.7 Å². The first-order valence-corrected chi connectivity index (χ1v) is 11.0. The third kappa shape index (κ3) is 6.01. The molecule has 0 radical (unpaired) electrons. The Morgan fingerprint density at radius 1 is 1.23 bits per heavy atom. The van der Waals surface area contributed by atoms with Gasteiger partial charge in [0.05, 0.1) is 14.5 Å². The van der Waals surface area contributed by atoms with Crippen molar-refractivity contribution in [2.24, 2.45) is 0 Å². The molecule has 0 aliphatic carbocycles.